The molecular weight excluding hydrogens is 266 g/mol. The van der Waals surface area contributed by atoms with Gasteiger partial charge in [0, 0.05) is 17.3 Å². The second-order valence-electron chi connectivity index (χ2n) is 3.54. The predicted molar refractivity (Wildman–Crippen MR) is 71.8 cm³/mol. The normalized spacial score (nSPS) is 9.58. The first-order chi connectivity index (χ1) is 9.20. The monoisotopic (exact) mass is 275 g/mol. The third kappa shape index (κ3) is 3.35. The zero-order chi connectivity index (χ0) is 13.7. The number of anilines is 1. The largest absolute Gasteiger partial charge is 0.364 e. The van der Waals surface area contributed by atoms with Gasteiger partial charge < -0.3 is 15.6 Å². The maximum absolute atomic E-state index is 11.8. The van der Waals surface area contributed by atoms with Gasteiger partial charge in [0.05, 0.1) is 11.6 Å². The number of aromatic nitrogens is 1. The fourth-order valence-corrected chi connectivity index (χ4v) is 1.53. The van der Waals surface area contributed by atoms with E-state index in [1.54, 1.807) is 18.2 Å². The molecule has 6 heteroatoms. The van der Waals surface area contributed by atoms with Crippen LogP contribution in [0.2, 0.25) is 5.02 Å². The third-order valence-corrected chi connectivity index (χ3v) is 2.55. The fraction of sp³-hybridized carbons (Fsp3) is 0.0769. The van der Waals surface area contributed by atoms with Gasteiger partial charge in [-0.1, -0.05) is 28.6 Å². The zero-order valence-corrected chi connectivity index (χ0v) is 10.6. The van der Waals surface area contributed by atoms with Crippen LogP contribution in [0.3, 0.4) is 0 Å². The van der Waals surface area contributed by atoms with Crippen molar-refractivity contribution in [2.24, 2.45) is 5.73 Å². The first kappa shape index (κ1) is 13.1. The molecule has 0 saturated carbocycles. The molecule has 0 aliphatic carbocycles. The van der Waals surface area contributed by atoms with Gasteiger partial charge in [-0.25, -0.2) is 0 Å². The summed E-state index contributed by atoms with van der Waals surface area (Å²) in [6.45, 7) is 0.242. The van der Waals surface area contributed by atoms with E-state index in [1.807, 2.05) is 0 Å². The summed E-state index contributed by atoms with van der Waals surface area (Å²) >= 11 is 5.98. The van der Waals surface area contributed by atoms with Crippen LogP contribution in [0, 0.1) is 11.8 Å². The second-order valence-corrected chi connectivity index (χ2v) is 3.95. The average molecular weight is 276 g/mol. The molecule has 1 aromatic heterocycles. The summed E-state index contributed by atoms with van der Waals surface area (Å²) in [6.07, 6.45) is 1.33. The van der Waals surface area contributed by atoms with Crippen molar-refractivity contribution in [1.82, 2.24) is 5.16 Å². The molecule has 3 N–H and O–H groups in total. The van der Waals surface area contributed by atoms with Gasteiger partial charge in [-0.05, 0) is 18.2 Å². The molecule has 0 radical (unpaired) electrons. The number of hydrogen-bond donors (Lipinski definition) is 2. The van der Waals surface area contributed by atoms with E-state index in [0.717, 1.165) is 0 Å². The molecular formula is C13H10ClN3O2. The molecule has 0 aliphatic rings. The van der Waals surface area contributed by atoms with Crippen LogP contribution in [-0.4, -0.2) is 17.6 Å². The molecule has 0 saturated heterocycles. The lowest BCUT2D eigenvalue weighted by atomic mass is 10.2. The summed E-state index contributed by atoms with van der Waals surface area (Å²) in [5.74, 6) is 5.17. The number of carbonyl (C=O) groups is 1. The first-order valence-corrected chi connectivity index (χ1v) is 5.78. The second kappa shape index (κ2) is 6.05. The van der Waals surface area contributed by atoms with E-state index in [2.05, 4.69) is 26.8 Å². The quantitative estimate of drug-likeness (QED) is 0.820. The number of benzene rings is 1. The van der Waals surface area contributed by atoms with Gasteiger partial charge in [0.25, 0.3) is 5.91 Å². The van der Waals surface area contributed by atoms with E-state index in [-0.39, 0.29) is 18.1 Å². The van der Waals surface area contributed by atoms with Gasteiger partial charge in [0.1, 0.15) is 6.26 Å². The minimum atomic E-state index is -0.367. The number of nitrogens with two attached hydrogens (primary N) is 1. The topological polar surface area (TPSA) is 81.1 Å². The summed E-state index contributed by atoms with van der Waals surface area (Å²) in [5, 5.41) is 6.71. The summed E-state index contributed by atoms with van der Waals surface area (Å²) in [4.78, 5) is 11.8. The van der Waals surface area contributed by atoms with Gasteiger partial charge in [-0.2, -0.15) is 0 Å². The first-order valence-electron chi connectivity index (χ1n) is 5.41. The van der Waals surface area contributed by atoms with Gasteiger partial charge in [0.15, 0.2) is 5.69 Å². The Morgan fingerprint density at radius 3 is 3.00 bits per heavy atom. The Hall–Kier alpha value is -2.29. The van der Waals surface area contributed by atoms with Gasteiger partial charge in [-0.3, -0.25) is 4.79 Å². The fourth-order valence-electron chi connectivity index (χ4n) is 1.37. The Bertz CT molecular complexity index is 642. The van der Waals surface area contributed by atoms with Crippen LogP contribution in [0.15, 0.2) is 35.1 Å². The van der Waals surface area contributed by atoms with Crippen molar-refractivity contribution in [3.63, 3.8) is 0 Å². The summed E-state index contributed by atoms with van der Waals surface area (Å²) in [5.41, 5.74) is 6.67. The number of carbonyl (C=O) groups excluding carboxylic acids is 1. The van der Waals surface area contributed by atoms with Crippen LogP contribution in [0.5, 0.6) is 0 Å². The molecule has 0 fully saturated rings. The van der Waals surface area contributed by atoms with Crippen molar-refractivity contribution in [1.29, 1.82) is 0 Å². The Morgan fingerprint density at radius 1 is 1.47 bits per heavy atom. The van der Waals surface area contributed by atoms with Crippen LogP contribution < -0.4 is 11.1 Å². The molecule has 5 nitrogen and oxygen atoms in total. The van der Waals surface area contributed by atoms with Crippen LogP contribution in [0.25, 0.3) is 0 Å². The molecule has 0 bridgehead atoms. The van der Waals surface area contributed by atoms with E-state index in [1.165, 1.54) is 12.3 Å². The molecule has 96 valence electrons. The van der Waals surface area contributed by atoms with Crippen LogP contribution in [0.1, 0.15) is 16.1 Å². The minimum absolute atomic E-state index is 0.199. The summed E-state index contributed by atoms with van der Waals surface area (Å²) in [6, 6.07) is 6.47. The Labute approximate surface area is 114 Å². The maximum Gasteiger partial charge on any atom is 0.277 e. The standard InChI is InChI=1S/C13H10ClN3O2/c14-11-4-3-10(8-9(11)2-1-6-15)16-13(18)12-5-7-19-17-12/h3-5,7-8H,6,15H2,(H,16,18). The molecule has 0 aliphatic heterocycles. The molecule has 19 heavy (non-hydrogen) atoms. The Balaban J connectivity index is 2.19. The Morgan fingerprint density at radius 2 is 2.32 bits per heavy atom. The summed E-state index contributed by atoms with van der Waals surface area (Å²) in [7, 11) is 0. The molecule has 1 heterocycles. The highest BCUT2D eigenvalue weighted by Gasteiger charge is 2.09. The van der Waals surface area contributed by atoms with Crippen molar-refractivity contribution < 1.29 is 9.32 Å². The number of amides is 1. The van der Waals surface area contributed by atoms with Crippen molar-refractivity contribution in [3.8, 4) is 11.8 Å². The lowest BCUT2D eigenvalue weighted by Crippen LogP contribution is -2.12. The average Bonchev–Trinajstić information content (AvgIpc) is 2.93. The molecule has 0 unspecified atom stereocenters. The molecule has 1 aromatic carbocycles. The number of nitrogens with zero attached hydrogens (tertiary/aromatic N) is 1. The van der Waals surface area contributed by atoms with E-state index in [9.17, 15) is 4.79 Å². The van der Waals surface area contributed by atoms with Crippen LogP contribution in [0.4, 0.5) is 5.69 Å². The third-order valence-electron chi connectivity index (χ3n) is 2.22. The lowest BCUT2D eigenvalue weighted by Gasteiger charge is -2.04. The van der Waals surface area contributed by atoms with Crippen LogP contribution in [-0.2, 0) is 0 Å². The van der Waals surface area contributed by atoms with Crippen molar-refractivity contribution in [3.05, 3.63) is 46.8 Å². The zero-order valence-electron chi connectivity index (χ0n) is 9.81. The van der Waals surface area contributed by atoms with Gasteiger partial charge in [0.2, 0.25) is 0 Å². The van der Waals surface area contributed by atoms with Crippen LogP contribution >= 0.6 is 11.6 Å². The molecule has 2 aromatic rings. The Kier molecular flexibility index (Phi) is 4.18. The van der Waals surface area contributed by atoms with Crippen molar-refractivity contribution >= 4 is 23.2 Å². The molecule has 2 rings (SSSR count). The smallest absolute Gasteiger partial charge is 0.277 e. The minimum Gasteiger partial charge on any atom is -0.364 e. The molecule has 0 atom stereocenters. The molecule has 1 amide bonds. The maximum atomic E-state index is 11.8. The van der Waals surface area contributed by atoms with Gasteiger partial charge in [-0.15, -0.1) is 0 Å². The number of halogens is 1. The van der Waals surface area contributed by atoms with Crippen molar-refractivity contribution in [2.45, 2.75) is 0 Å². The number of rotatable bonds is 2. The molecule has 0 spiro atoms. The van der Waals surface area contributed by atoms with E-state index in [4.69, 9.17) is 17.3 Å². The van der Waals surface area contributed by atoms with Gasteiger partial charge >= 0.3 is 0 Å². The number of nitrogens with one attached hydrogen (secondary N) is 1. The SMILES string of the molecule is NCC#Cc1cc(NC(=O)c2ccon2)ccc1Cl. The highest BCUT2D eigenvalue weighted by molar-refractivity contribution is 6.31. The number of hydrogen-bond acceptors (Lipinski definition) is 4. The van der Waals surface area contributed by atoms with E-state index >= 15 is 0 Å². The van der Waals surface area contributed by atoms with Crippen molar-refractivity contribution in [2.75, 3.05) is 11.9 Å². The van der Waals surface area contributed by atoms with E-state index < -0.39 is 0 Å². The highest BCUT2D eigenvalue weighted by atomic mass is 35.5. The summed E-state index contributed by atoms with van der Waals surface area (Å²) < 4.78 is 4.60. The lowest BCUT2D eigenvalue weighted by molar-refractivity contribution is 0.101. The van der Waals surface area contributed by atoms with E-state index in [0.29, 0.717) is 16.3 Å². The predicted octanol–water partition coefficient (Wildman–Crippen LogP) is 1.89. The highest BCUT2D eigenvalue weighted by Crippen LogP contribution is 2.20.